The number of nitrogens with zero attached hydrogens (tertiary/aromatic N) is 1. The van der Waals surface area contributed by atoms with E-state index in [0.29, 0.717) is 6.42 Å². The molecule has 8 heteroatoms. The summed E-state index contributed by atoms with van der Waals surface area (Å²) >= 11 is 0. The van der Waals surface area contributed by atoms with Gasteiger partial charge in [-0.2, -0.15) is 0 Å². The Morgan fingerprint density at radius 2 is 1.82 bits per heavy atom. The normalized spacial score (nSPS) is 12.7. The minimum Gasteiger partial charge on any atom is -0.480 e. The van der Waals surface area contributed by atoms with Crippen LogP contribution in [0.15, 0.2) is 29.2 Å². The quantitative estimate of drug-likeness (QED) is 0.774. The minimum absolute atomic E-state index is 0.0416. The molecule has 2 N–H and O–H groups in total. The maximum Gasteiger partial charge on any atom is 0.323 e. The molecule has 122 valence electrons. The van der Waals surface area contributed by atoms with Gasteiger partial charge in [-0.25, -0.2) is 13.1 Å². The van der Waals surface area contributed by atoms with Crippen LogP contribution < -0.4 is 4.72 Å². The first-order chi connectivity index (χ1) is 10.2. The third kappa shape index (κ3) is 4.28. The van der Waals surface area contributed by atoms with Gasteiger partial charge in [0.05, 0.1) is 4.90 Å². The maximum atomic E-state index is 12.4. The summed E-state index contributed by atoms with van der Waals surface area (Å²) in [4.78, 5) is 24.6. The van der Waals surface area contributed by atoms with Crippen LogP contribution in [0.1, 0.15) is 30.6 Å². The van der Waals surface area contributed by atoms with E-state index in [1.165, 1.54) is 36.2 Å². The van der Waals surface area contributed by atoms with E-state index >= 15 is 0 Å². The second-order valence-electron chi connectivity index (χ2n) is 4.82. The summed E-state index contributed by atoms with van der Waals surface area (Å²) in [5.41, 5.74) is 0.247. The zero-order chi connectivity index (χ0) is 16.9. The van der Waals surface area contributed by atoms with E-state index in [2.05, 4.69) is 4.72 Å². The van der Waals surface area contributed by atoms with Gasteiger partial charge in [0, 0.05) is 11.6 Å². The van der Waals surface area contributed by atoms with Crippen LogP contribution in [0.5, 0.6) is 0 Å². The number of hydrogen-bond donors (Lipinski definition) is 2. The van der Waals surface area contributed by atoms with Crippen LogP contribution in [-0.2, 0) is 14.8 Å². The molecule has 1 atom stereocenters. The van der Waals surface area contributed by atoms with E-state index in [-0.39, 0.29) is 16.5 Å². The van der Waals surface area contributed by atoms with Gasteiger partial charge < -0.3 is 10.0 Å². The van der Waals surface area contributed by atoms with Crippen LogP contribution in [0.3, 0.4) is 0 Å². The predicted molar refractivity (Wildman–Crippen MR) is 81.1 cm³/mol. The SMILES string of the molecule is CCC(C)N(CC(=O)O)C(=O)c1ccc(S(=O)(=O)NC)cc1. The van der Waals surface area contributed by atoms with Gasteiger partial charge in [0.25, 0.3) is 5.91 Å². The number of carbonyl (C=O) groups is 2. The average Bonchev–Trinajstić information content (AvgIpc) is 2.51. The van der Waals surface area contributed by atoms with Crippen molar-refractivity contribution in [2.45, 2.75) is 31.2 Å². The second kappa shape index (κ2) is 7.37. The zero-order valence-corrected chi connectivity index (χ0v) is 13.6. The Morgan fingerprint density at radius 1 is 1.27 bits per heavy atom. The highest BCUT2D eigenvalue weighted by Crippen LogP contribution is 2.14. The number of aliphatic carboxylic acids is 1. The maximum absolute atomic E-state index is 12.4. The highest BCUT2D eigenvalue weighted by Gasteiger charge is 2.23. The third-order valence-corrected chi connectivity index (χ3v) is 4.80. The fourth-order valence-corrected chi connectivity index (χ4v) is 2.58. The molecule has 1 aromatic rings. The molecule has 0 aliphatic rings. The molecule has 0 aromatic heterocycles. The van der Waals surface area contributed by atoms with Crippen molar-refractivity contribution >= 4 is 21.9 Å². The van der Waals surface area contributed by atoms with Crippen molar-refractivity contribution in [3.8, 4) is 0 Å². The molecule has 7 nitrogen and oxygen atoms in total. The van der Waals surface area contributed by atoms with Gasteiger partial charge in [-0.15, -0.1) is 0 Å². The molecule has 1 amide bonds. The molecule has 0 bridgehead atoms. The van der Waals surface area contributed by atoms with E-state index < -0.39 is 28.4 Å². The smallest absolute Gasteiger partial charge is 0.323 e. The van der Waals surface area contributed by atoms with Crippen molar-refractivity contribution in [1.82, 2.24) is 9.62 Å². The van der Waals surface area contributed by atoms with Gasteiger partial charge in [0.2, 0.25) is 10.0 Å². The molecule has 0 radical (unpaired) electrons. The lowest BCUT2D eigenvalue weighted by Gasteiger charge is -2.27. The second-order valence-corrected chi connectivity index (χ2v) is 6.70. The average molecular weight is 328 g/mol. The van der Waals surface area contributed by atoms with Crippen LogP contribution in [0, 0.1) is 0 Å². The molecule has 0 spiro atoms. The van der Waals surface area contributed by atoms with Crippen molar-refractivity contribution in [2.24, 2.45) is 0 Å². The zero-order valence-electron chi connectivity index (χ0n) is 12.7. The molecular formula is C14H20N2O5S. The number of carboxylic acid groups (broad SMARTS) is 1. The van der Waals surface area contributed by atoms with Gasteiger partial charge in [0.15, 0.2) is 0 Å². The number of nitrogens with one attached hydrogen (secondary N) is 1. The van der Waals surface area contributed by atoms with Gasteiger partial charge in [0.1, 0.15) is 6.54 Å². The molecule has 0 saturated carbocycles. The highest BCUT2D eigenvalue weighted by molar-refractivity contribution is 7.89. The number of benzene rings is 1. The predicted octanol–water partition coefficient (Wildman–Crippen LogP) is 0.920. The molecule has 1 unspecified atom stereocenters. The Hall–Kier alpha value is -1.93. The minimum atomic E-state index is -3.57. The highest BCUT2D eigenvalue weighted by atomic mass is 32.2. The van der Waals surface area contributed by atoms with Gasteiger partial charge >= 0.3 is 5.97 Å². The summed E-state index contributed by atoms with van der Waals surface area (Å²) in [6, 6.07) is 5.15. The summed E-state index contributed by atoms with van der Waals surface area (Å²) in [6.07, 6.45) is 0.616. The third-order valence-electron chi connectivity index (χ3n) is 3.37. The van der Waals surface area contributed by atoms with Crippen molar-refractivity contribution in [2.75, 3.05) is 13.6 Å². The van der Waals surface area contributed by atoms with Crippen molar-refractivity contribution in [3.05, 3.63) is 29.8 Å². The first-order valence-corrected chi connectivity index (χ1v) is 8.27. The Bertz CT molecular complexity index is 640. The topological polar surface area (TPSA) is 104 Å². The molecule has 0 aliphatic carbocycles. The van der Waals surface area contributed by atoms with Crippen LogP contribution >= 0.6 is 0 Å². The van der Waals surface area contributed by atoms with Crippen LogP contribution in [0.4, 0.5) is 0 Å². The molecule has 0 fully saturated rings. The summed E-state index contributed by atoms with van der Waals surface area (Å²) in [5.74, 6) is -1.53. The van der Waals surface area contributed by atoms with Crippen LogP contribution in [-0.4, -0.2) is 49.9 Å². The van der Waals surface area contributed by atoms with E-state index in [4.69, 9.17) is 5.11 Å². The molecule has 0 aliphatic heterocycles. The van der Waals surface area contributed by atoms with Gasteiger partial charge in [-0.3, -0.25) is 9.59 Å². The Labute approximate surface area is 130 Å². The number of carboxylic acids is 1. The van der Waals surface area contributed by atoms with E-state index in [1.807, 2.05) is 6.92 Å². The molecule has 1 aromatic carbocycles. The standard InChI is InChI=1S/C14H20N2O5S/c1-4-10(2)16(9-13(17)18)14(19)11-5-7-12(8-6-11)22(20,21)15-3/h5-8,10,15H,4,9H2,1-3H3,(H,17,18). The molecule has 22 heavy (non-hydrogen) atoms. The molecular weight excluding hydrogens is 308 g/mol. The first-order valence-electron chi connectivity index (χ1n) is 6.79. The van der Waals surface area contributed by atoms with Crippen molar-refractivity contribution in [3.63, 3.8) is 0 Å². The van der Waals surface area contributed by atoms with Crippen molar-refractivity contribution in [1.29, 1.82) is 0 Å². The number of hydrogen-bond acceptors (Lipinski definition) is 4. The van der Waals surface area contributed by atoms with E-state index in [9.17, 15) is 18.0 Å². The van der Waals surface area contributed by atoms with E-state index in [1.54, 1.807) is 6.92 Å². The summed E-state index contributed by atoms with van der Waals surface area (Å²) in [7, 11) is -2.27. The fourth-order valence-electron chi connectivity index (χ4n) is 1.85. The molecule has 1 rings (SSSR count). The Morgan fingerprint density at radius 3 is 2.23 bits per heavy atom. The summed E-state index contributed by atoms with van der Waals surface area (Å²) in [5, 5.41) is 8.93. The van der Waals surface area contributed by atoms with Crippen molar-refractivity contribution < 1.29 is 23.1 Å². The van der Waals surface area contributed by atoms with Gasteiger partial charge in [-0.05, 0) is 44.7 Å². The monoisotopic (exact) mass is 328 g/mol. The lowest BCUT2D eigenvalue weighted by atomic mass is 10.1. The molecule has 0 heterocycles. The lowest BCUT2D eigenvalue weighted by Crippen LogP contribution is -2.41. The molecule has 0 saturated heterocycles. The number of carbonyl (C=O) groups excluding carboxylic acids is 1. The first kappa shape index (κ1) is 18.1. The Kier molecular flexibility index (Phi) is 6.07. The fraction of sp³-hybridized carbons (Fsp3) is 0.429. The summed E-state index contributed by atoms with van der Waals surface area (Å²) in [6.45, 7) is 3.22. The van der Waals surface area contributed by atoms with Gasteiger partial charge in [-0.1, -0.05) is 6.92 Å². The summed E-state index contributed by atoms with van der Waals surface area (Å²) < 4.78 is 25.4. The van der Waals surface area contributed by atoms with E-state index in [0.717, 1.165) is 0 Å². The number of rotatable bonds is 7. The number of sulfonamides is 1. The van der Waals surface area contributed by atoms with Crippen LogP contribution in [0.25, 0.3) is 0 Å². The lowest BCUT2D eigenvalue weighted by molar-refractivity contribution is -0.138. The van der Waals surface area contributed by atoms with Crippen LogP contribution in [0.2, 0.25) is 0 Å². The largest absolute Gasteiger partial charge is 0.480 e. The number of amides is 1. The Balaban J connectivity index is 3.07.